The first-order valence-electron chi connectivity index (χ1n) is 5.87. The molecule has 3 N–H and O–H groups in total. The monoisotopic (exact) mass is 376 g/mol. The maximum absolute atomic E-state index is 12.3. The van der Waals surface area contributed by atoms with Gasteiger partial charge in [0.2, 0.25) is 5.91 Å². The van der Waals surface area contributed by atoms with E-state index in [0.717, 1.165) is 3.57 Å². The second kappa shape index (κ2) is 6.74. The van der Waals surface area contributed by atoms with Gasteiger partial charge in [0.25, 0.3) is 5.91 Å². The van der Waals surface area contributed by atoms with Crippen molar-refractivity contribution in [3.8, 4) is 5.75 Å². The Balaban J connectivity index is 3.03. The van der Waals surface area contributed by atoms with Gasteiger partial charge in [-0.3, -0.25) is 9.59 Å². The minimum absolute atomic E-state index is 0.0938. The lowest BCUT2D eigenvalue weighted by atomic mass is 10.1. The van der Waals surface area contributed by atoms with Crippen LogP contribution < -0.4 is 5.73 Å². The number of phenolic OH excluding ortho intramolecular Hbond substituents is 1. The van der Waals surface area contributed by atoms with E-state index in [9.17, 15) is 14.7 Å². The van der Waals surface area contributed by atoms with Crippen molar-refractivity contribution in [1.82, 2.24) is 4.90 Å². The smallest absolute Gasteiger partial charge is 0.258 e. The lowest BCUT2D eigenvalue weighted by Crippen LogP contribution is -2.40. The molecule has 0 aromatic heterocycles. The van der Waals surface area contributed by atoms with E-state index in [-0.39, 0.29) is 29.7 Å². The normalized spacial score (nSPS) is 10.5. The van der Waals surface area contributed by atoms with Crippen LogP contribution in [-0.4, -0.2) is 34.9 Å². The van der Waals surface area contributed by atoms with Crippen LogP contribution in [0.2, 0.25) is 0 Å². The molecule has 2 amide bonds. The third-order valence-corrected chi connectivity index (χ3v) is 3.08. The van der Waals surface area contributed by atoms with E-state index in [1.165, 1.54) is 11.0 Å². The fraction of sp³-hybridized carbons (Fsp3) is 0.385. The highest BCUT2D eigenvalue weighted by Crippen LogP contribution is 2.21. The molecule has 0 radical (unpaired) electrons. The molecule has 0 unspecified atom stereocenters. The maximum Gasteiger partial charge on any atom is 0.258 e. The second-order valence-corrected chi connectivity index (χ2v) is 5.95. The Kier molecular flexibility index (Phi) is 5.59. The summed E-state index contributed by atoms with van der Waals surface area (Å²) in [5.74, 6) is -0.848. The van der Waals surface area contributed by atoms with Gasteiger partial charge < -0.3 is 15.7 Å². The van der Waals surface area contributed by atoms with Crippen LogP contribution in [0.5, 0.6) is 5.75 Å². The zero-order valence-electron chi connectivity index (χ0n) is 10.9. The third kappa shape index (κ3) is 4.70. The fourth-order valence-electron chi connectivity index (χ4n) is 1.70. The van der Waals surface area contributed by atoms with Crippen molar-refractivity contribution in [2.45, 2.75) is 13.8 Å². The summed E-state index contributed by atoms with van der Waals surface area (Å²) < 4.78 is 0.835. The summed E-state index contributed by atoms with van der Waals surface area (Å²) in [7, 11) is 0. The molecule has 0 heterocycles. The summed E-state index contributed by atoms with van der Waals surface area (Å²) in [4.78, 5) is 24.7. The number of carbonyl (C=O) groups is 2. The van der Waals surface area contributed by atoms with Crippen molar-refractivity contribution in [2.24, 2.45) is 11.7 Å². The van der Waals surface area contributed by atoms with Crippen molar-refractivity contribution < 1.29 is 14.7 Å². The molecule has 1 rings (SSSR count). The van der Waals surface area contributed by atoms with E-state index in [0.29, 0.717) is 6.54 Å². The molecule has 1 aromatic carbocycles. The molecule has 0 aliphatic carbocycles. The van der Waals surface area contributed by atoms with Crippen LogP contribution in [0.15, 0.2) is 18.2 Å². The summed E-state index contributed by atoms with van der Waals surface area (Å²) in [6, 6.07) is 4.76. The molecule has 1 aromatic rings. The largest absolute Gasteiger partial charge is 0.507 e. The fourth-order valence-corrected chi connectivity index (χ4v) is 2.19. The van der Waals surface area contributed by atoms with Gasteiger partial charge in [-0.15, -0.1) is 0 Å². The predicted molar refractivity (Wildman–Crippen MR) is 80.8 cm³/mol. The average molecular weight is 376 g/mol. The topological polar surface area (TPSA) is 83.6 Å². The standard InChI is InChI=1S/C13H17IN2O3/c1-8(2)6-16(7-12(15)18)13(19)10-5-9(14)3-4-11(10)17/h3-5,8,17H,6-7H2,1-2H3,(H2,15,18). The Labute approximate surface area is 125 Å². The van der Waals surface area contributed by atoms with Crippen molar-refractivity contribution in [1.29, 1.82) is 0 Å². The molecule has 104 valence electrons. The molecule has 0 bridgehead atoms. The zero-order chi connectivity index (χ0) is 14.6. The van der Waals surface area contributed by atoms with E-state index >= 15 is 0 Å². The highest BCUT2D eigenvalue weighted by Gasteiger charge is 2.21. The number of nitrogens with zero attached hydrogens (tertiary/aromatic N) is 1. The molecule has 0 aliphatic rings. The first kappa shape index (κ1) is 15.7. The number of carbonyl (C=O) groups excluding carboxylic acids is 2. The molecule has 0 fully saturated rings. The molecule has 0 spiro atoms. The Bertz CT molecular complexity index is 489. The van der Waals surface area contributed by atoms with Gasteiger partial charge in [0, 0.05) is 10.1 Å². The number of benzene rings is 1. The van der Waals surface area contributed by atoms with Crippen molar-refractivity contribution in [2.75, 3.05) is 13.1 Å². The Hall–Kier alpha value is -1.31. The van der Waals surface area contributed by atoms with Gasteiger partial charge in [-0.05, 0) is 46.7 Å². The van der Waals surface area contributed by atoms with Crippen LogP contribution >= 0.6 is 22.6 Å². The number of rotatable bonds is 5. The number of aromatic hydroxyl groups is 1. The van der Waals surface area contributed by atoms with Crippen molar-refractivity contribution in [3.05, 3.63) is 27.3 Å². The molecular weight excluding hydrogens is 359 g/mol. The van der Waals surface area contributed by atoms with Crippen LogP contribution in [0.25, 0.3) is 0 Å². The maximum atomic E-state index is 12.3. The summed E-state index contributed by atoms with van der Waals surface area (Å²) in [5.41, 5.74) is 5.34. The Morgan fingerprint density at radius 1 is 1.42 bits per heavy atom. The number of hydrogen-bond acceptors (Lipinski definition) is 3. The zero-order valence-corrected chi connectivity index (χ0v) is 13.0. The molecule has 6 heteroatoms. The number of halogens is 1. The minimum atomic E-state index is -0.570. The summed E-state index contributed by atoms with van der Waals surface area (Å²) in [6.45, 7) is 4.14. The number of hydrogen-bond donors (Lipinski definition) is 2. The van der Waals surface area contributed by atoms with E-state index in [4.69, 9.17) is 5.73 Å². The lowest BCUT2D eigenvalue weighted by Gasteiger charge is -2.23. The molecule has 0 aliphatic heterocycles. The first-order chi connectivity index (χ1) is 8.81. The molecule has 0 saturated heterocycles. The average Bonchev–Trinajstić information content (AvgIpc) is 2.29. The van der Waals surface area contributed by atoms with Gasteiger partial charge in [-0.2, -0.15) is 0 Å². The number of primary amides is 1. The highest BCUT2D eigenvalue weighted by molar-refractivity contribution is 14.1. The summed E-state index contributed by atoms with van der Waals surface area (Å²) in [5, 5.41) is 9.76. The van der Waals surface area contributed by atoms with Gasteiger partial charge in [0.15, 0.2) is 0 Å². The van der Waals surface area contributed by atoms with Crippen LogP contribution in [0.4, 0.5) is 0 Å². The molecule has 0 saturated carbocycles. The van der Waals surface area contributed by atoms with Gasteiger partial charge in [0.1, 0.15) is 5.75 Å². The number of amides is 2. The molecular formula is C13H17IN2O3. The second-order valence-electron chi connectivity index (χ2n) is 4.71. The number of phenols is 1. The SMILES string of the molecule is CC(C)CN(CC(N)=O)C(=O)c1cc(I)ccc1O. The lowest BCUT2D eigenvalue weighted by molar-refractivity contribution is -0.118. The highest BCUT2D eigenvalue weighted by atomic mass is 127. The van der Waals surface area contributed by atoms with Crippen LogP contribution in [0.1, 0.15) is 24.2 Å². The van der Waals surface area contributed by atoms with E-state index in [1.54, 1.807) is 12.1 Å². The van der Waals surface area contributed by atoms with Crippen molar-refractivity contribution >= 4 is 34.4 Å². The predicted octanol–water partition coefficient (Wildman–Crippen LogP) is 1.58. The van der Waals surface area contributed by atoms with Crippen LogP contribution in [-0.2, 0) is 4.79 Å². The van der Waals surface area contributed by atoms with Crippen LogP contribution in [0.3, 0.4) is 0 Å². The van der Waals surface area contributed by atoms with Crippen molar-refractivity contribution in [3.63, 3.8) is 0 Å². The first-order valence-corrected chi connectivity index (χ1v) is 6.95. The van der Waals surface area contributed by atoms with E-state index in [1.807, 2.05) is 13.8 Å². The van der Waals surface area contributed by atoms with Gasteiger partial charge >= 0.3 is 0 Å². The Morgan fingerprint density at radius 2 is 2.05 bits per heavy atom. The van der Waals surface area contributed by atoms with Gasteiger partial charge in [0.05, 0.1) is 12.1 Å². The van der Waals surface area contributed by atoms with Gasteiger partial charge in [-0.25, -0.2) is 0 Å². The molecule has 19 heavy (non-hydrogen) atoms. The van der Waals surface area contributed by atoms with Gasteiger partial charge in [-0.1, -0.05) is 13.8 Å². The van der Waals surface area contributed by atoms with E-state index < -0.39 is 5.91 Å². The number of nitrogens with two attached hydrogens (primary N) is 1. The van der Waals surface area contributed by atoms with E-state index in [2.05, 4.69) is 22.6 Å². The quantitative estimate of drug-likeness (QED) is 0.766. The Morgan fingerprint density at radius 3 is 2.58 bits per heavy atom. The molecule has 0 atom stereocenters. The van der Waals surface area contributed by atoms with Crippen LogP contribution in [0, 0.1) is 9.49 Å². The summed E-state index contributed by atoms with van der Waals surface area (Å²) >= 11 is 2.06. The third-order valence-electron chi connectivity index (χ3n) is 2.41. The summed E-state index contributed by atoms with van der Waals surface area (Å²) in [6.07, 6.45) is 0. The minimum Gasteiger partial charge on any atom is -0.507 e. The molecule has 5 nitrogen and oxygen atoms in total.